The molecule has 0 saturated heterocycles. The Bertz CT molecular complexity index is 492. The van der Waals surface area contributed by atoms with Crippen LogP contribution in [0.5, 0.6) is 0 Å². The summed E-state index contributed by atoms with van der Waals surface area (Å²) in [6, 6.07) is 21.2. The van der Waals surface area contributed by atoms with E-state index in [0.29, 0.717) is 0 Å². The fourth-order valence-corrected chi connectivity index (χ4v) is 1.97. The van der Waals surface area contributed by atoms with Gasteiger partial charge >= 0.3 is 0 Å². The van der Waals surface area contributed by atoms with Gasteiger partial charge in [0, 0.05) is 0 Å². The molecule has 86 valence electrons. The minimum absolute atomic E-state index is 1.03. The Morgan fingerprint density at radius 3 is 1.88 bits per heavy atom. The summed E-state index contributed by atoms with van der Waals surface area (Å²) in [7, 11) is 0. The van der Waals surface area contributed by atoms with Gasteiger partial charge in [-0.15, -0.1) is 0 Å². The molecular formula is C17H18. The molecule has 0 aliphatic rings. The van der Waals surface area contributed by atoms with Gasteiger partial charge in [-0.05, 0) is 37.0 Å². The first-order valence-corrected chi connectivity index (χ1v) is 6.03. The molecule has 0 atom stereocenters. The number of allylic oxidation sites excluding steroid dienone is 2. The van der Waals surface area contributed by atoms with E-state index in [1.807, 2.05) is 0 Å². The topological polar surface area (TPSA) is 0 Å². The molecule has 0 heteroatoms. The van der Waals surface area contributed by atoms with Crippen molar-refractivity contribution in [3.05, 3.63) is 77.4 Å². The van der Waals surface area contributed by atoms with Crippen LogP contribution < -0.4 is 0 Å². The van der Waals surface area contributed by atoms with Crippen molar-refractivity contribution in [3.63, 3.8) is 0 Å². The lowest BCUT2D eigenvalue weighted by Gasteiger charge is -2.08. The Hall–Kier alpha value is -1.82. The summed E-state index contributed by atoms with van der Waals surface area (Å²) in [5, 5.41) is 0. The number of hydrogen-bond donors (Lipinski definition) is 0. The normalized spacial score (nSPS) is 12.1. The number of hydrogen-bond acceptors (Lipinski definition) is 0. The third kappa shape index (κ3) is 3.07. The van der Waals surface area contributed by atoms with E-state index >= 15 is 0 Å². The standard InChI is InChI=1S/C17H18/c1-14(13-16-9-5-3-6-10-16)15(2)17-11-7-4-8-12-17/h3-12H,13H2,1-2H3/b15-14-. The molecule has 0 bridgehead atoms. The maximum atomic E-state index is 2.22. The van der Waals surface area contributed by atoms with Gasteiger partial charge in [0.15, 0.2) is 0 Å². The van der Waals surface area contributed by atoms with Gasteiger partial charge in [0.1, 0.15) is 0 Å². The third-order valence-electron chi connectivity index (χ3n) is 3.16. The summed E-state index contributed by atoms with van der Waals surface area (Å²) in [5.41, 5.74) is 5.51. The molecule has 2 rings (SSSR count). The van der Waals surface area contributed by atoms with Crippen molar-refractivity contribution < 1.29 is 0 Å². The lowest BCUT2D eigenvalue weighted by molar-refractivity contribution is 1.14. The van der Waals surface area contributed by atoms with Crippen molar-refractivity contribution in [1.82, 2.24) is 0 Å². The van der Waals surface area contributed by atoms with Crippen molar-refractivity contribution in [3.8, 4) is 0 Å². The van der Waals surface area contributed by atoms with Crippen LogP contribution in [0.1, 0.15) is 25.0 Å². The molecule has 0 fully saturated rings. The second-order valence-electron chi connectivity index (χ2n) is 4.43. The summed E-state index contributed by atoms with van der Waals surface area (Å²) in [5.74, 6) is 0. The van der Waals surface area contributed by atoms with E-state index in [1.165, 1.54) is 22.3 Å². The largest absolute Gasteiger partial charge is 0.0654 e. The smallest absolute Gasteiger partial charge is 0.00639 e. The van der Waals surface area contributed by atoms with Crippen LogP contribution in [0.4, 0.5) is 0 Å². The highest BCUT2D eigenvalue weighted by atomic mass is 14.1. The molecule has 0 N–H and O–H groups in total. The second-order valence-corrected chi connectivity index (χ2v) is 4.43. The average molecular weight is 222 g/mol. The predicted octanol–water partition coefficient (Wildman–Crippen LogP) is 4.72. The van der Waals surface area contributed by atoms with E-state index in [-0.39, 0.29) is 0 Å². The van der Waals surface area contributed by atoms with E-state index in [9.17, 15) is 0 Å². The van der Waals surface area contributed by atoms with Crippen LogP contribution in [-0.4, -0.2) is 0 Å². The van der Waals surface area contributed by atoms with Crippen LogP contribution in [0.3, 0.4) is 0 Å². The van der Waals surface area contributed by atoms with Crippen LogP contribution in [0.25, 0.3) is 5.57 Å². The minimum Gasteiger partial charge on any atom is -0.0654 e. The zero-order valence-electron chi connectivity index (χ0n) is 10.5. The first-order valence-electron chi connectivity index (χ1n) is 6.03. The number of rotatable bonds is 3. The molecule has 2 aromatic carbocycles. The summed E-state index contributed by atoms with van der Waals surface area (Å²) in [6.45, 7) is 4.42. The highest BCUT2D eigenvalue weighted by molar-refractivity contribution is 5.66. The monoisotopic (exact) mass is 222 g/mol. The van der Waals surface area contributed by atoms with E-state index in [0.717, 1.165) is 6.42 Å². The fraction of sp³-hybridized carbons (Fsp3) is 0.176. The van der Waals surface area contributed by atoms with Gasteiger partial charge in [0.25, 0.3) is 0 Å². The lowest BCUT2D eigenvalue weighted by Crippen LogP contribution is -1.90. The average Bonchev–Trinajstić information content (AvgIpc) is 2.40. The summed E-state index contributed by atoms with van der Waals surface area (Å²) in [6.07, 6.45) is 1.03. The van der Waals surface area contributed by atoms with Crippen molar-refractivity contribution in [2.45, 2.75) is 20.3 Å². The minimum atomic E-state index is 1.03. The van der Waals surface area contributed by atoms with Gasteiger partial charge in [0.05, 0.1) is 0 Å². The quantitative estimate of drug-likeness (QED) is 0.704. The maximum absolute atomic E-state index is 2.22. The Labute approximate surface area is 104 Å². The second kappa shape index (κ2) is 5.49. The van der Waals surface area contributed by atoms with E-state index in [1.54, 1.807) is 0 Å². The molecule has 0 radical (unpaired) electrons. The maximum Gasteiger partial charge on any atom is -0.00639 e. The van der Waals surface area contributed by atoms with Crippen LogP contribution in [0.2, 0.25) is 0 Å². The van der Waals surface area contributed by atoms with Gasteiger partial charge < -0.3 is 0 Å². The van der Waals surface area contributed by atoms with Crippen molar-refractivity contribution in [1.29, 1.82) is 0 Å². The zero-order chi connectivity index (χ0) is 12.1. The molecule has 0 aromatic heterocycles. The highest BCUT2D eigenvalue weighted by Crippen LogP contribution is 2.20. The molecule has 0 aliphatic heterocycles. The van der Waals surface area contributed by atoms with Crippen LogP contribution in [-0.2, 0) is 6.42 Å². The Kier molecular flexibility index (Phi) is 3.77. The molecule has 0 heterocycles. The zero-order valence-corrected chi connectivity index (χ0v) is 10.5. The van der Waals surface area contributed by atoms with Gasteiger partial charge in [-0.1, -0.05) is 66.2 Å². The molecule has 17 heavy (non-hydrogen) atoms. The Morgan fingerprint density at radius 1 is 0.765 bits per heavy atom. The predicted molar refractivity (Wildman–Crippen MR) is 74.9 cm³/mol. The van der Waals surface area contributed by atoms with Crippen molar-refractivity contribution in [2.24, 2.45) is 0 Å². The first kappa shape index (κ1) is 11.7. The SMILES string of the molecule is C/C(Cc1ccccc1)=C(\C)c1ccccc1. The molecule has 0 unspecified atom stereocenters. The molecule has 0 nitrogen and oxygen atoms in total. The molecule has 0 saturated carbocycles. The first-order chi connectivity index (χ1) is 8.27. The summed E-state index contributed by atoms with van der Waals surface area (Å²) >= 11 is 0. The molecule has 2 aromatic rings. The Balaban J connectivity index is 2.22. The molecule has 0 amide bonds. The van der Waals surface area contributed by atoms with E-state index in [4.69, 9.17) is 0 Å². The Morgan fingerprint density at radius 2 is 1.29 bits per heavy atom. The number of benzene rings is 2. The highest BCUT2D eigenvalue weighted by Gasteiger charge is 2.01. The van der Waals surface area contributed by atoms with E-state index in [2.05, 4.69) is 74.5 Å². The molecule has 0 spiro atoms. The fourth-order valence-electron chi connectivity index (χ4n) is 1.97. The lowest BCUT2D eigenvalue weighted by atomic mass is 9.97. The summed E-state index contributed by atoms with van der Waals surface area (Å²) < 4.78 is 0. The van der Waals surface area contributed by atoms with Crippen molar-refractivity contribution in [2.75, 3.05) is 0 Å². The van der Waals surface area contributed by atoms with Gasteiger partial charge in [-0.25, -0.2) is 0 Å². The van der Waals surface area contributed by atoms with Gasteiger partial charge in [-0.3, -0.25) is 0 Å². The third-order valence-corrected chi connectivity index (χ3v) is 3.16. The van der Waals surface area contributed by atoms with E-state index < -0.39 is 0 Å². The van der Waals surface area contributed by atoms with Gasteiger partial charge in [-0.2, -0.15) is 0 Å². The van der Waals surface area contributed by atoms with Gasteiger partial charge in [0.2, 0.25) is 0 Å². The molecule has 0 aliphatic carbocycles. The van der Waals surface area contributed by atoms with Crippen LogP contribution in [0.15, 0.2) is 66.2 Å². The van der Waals surface area contributed by atoms with Crippen molar-refractivity contribution >= 4 is 5.57 Å². The summed E-state index contributed by atoms with van der Waals surface area (Å²) in [4.78, 5) is 0. The van der Waals surface area contributed by atoms with Crippen LogP contribution >= 0.6 is 0 Å². The molecular weight excluding hydrogens is 204 g/mol. The van der Waals surface area contributed by atoms with Crippen LogP contribution in [0, 0.1) is 0 Å².